The predicted molar refractivity (Wildman–Crippen MR) is 122 cm³/mol. The summed E-state index contributed by atoms with van der Waals surface area (Å²) >= 11 is 0. The fourth-order valence-corrected chi connectivity index (χ4v) is 3.17. The van der Waals surface area contributed by atoms with Crippen molar-refractivity contribution in [3.8, 4) is 5.75 Å². The molecule has 0 aliphatic heterocycles. The van der Waals surface area contributed by atoms with Gasteiger partial charge < -0.3 is 19.5 Å². The predicted octanol–water partition coefficient (Wildman–Crippen LogP) is 4.31. The van der Waals surface area contributed by atoms with E-state index in [2.05, 4.69) is 15.5 Å². The highest BCUT2D eigenvalue weighted by Gasteiger charge is 2.10. The second-order valence-electron chi connectivity index (χ2n) is 7.19. The highest BCUT2D eigenvalue weighted by molar-refractivity contribution is 6.00. The lowest BCUT2D eigenvalue weighted by molar-refractivity contribution is -0.121. The van der Waals surface area contributed by atoms with Crippen LogP contribution in [0.25, 0.3) is 10.9 Å². The summed E-state index contributed by atoms with van der Waals surface area (Å²) in [7, 11) is 0. The first-order valence-electron chi connectivity index (χ1n) is 10.4. The lowest BCUT2D eigenvalue weighted by Crippen LogP contribution is -2.18. The number of ether oxygens (including phenoxy) is 3. The van der Waals surface area contributed by atoms with E-state index in [1.807, 2.05) is 78.9 Å². The third-order valence-electron chi connectivity index (χ3n) is 4.74. The second kappa shape index (κ2) is 11.1. The number of carbonyl (C=O) groups excluding carboxylic acids is 1. The van der Waals surface area contributed by atoms with Crippen LogP contribution in [0.5, 0.6) is 5.75 Å². The van der Waals surface area contributed by atoms with E-state index in [-0.39, 0.29) is 12.5 Å². The van der Waals surface area contributed by atoms with Crippen molar-refractivity contribution >= 4 is 22.6 Å². The molecule has 4 rings (SSSR count). The summed E-state index contributed by atoms with van der Waals surface area (Å²) in [6.45, 7) is 1.82. The Bertz CT molecular complexity index is 1130. The average molecular weight is 431 g/mol. The van der Waals surface area contributed by atoms with Crippen molar-refractivity contribution in [1.82, 2.24) is 10.2 Å². The van der Waals surface area contributed by atoms with Crippen LogP contribution in [0.2, 0.25) is 0 Å². The third kappa shape index (κ3) is 6.16. The van der Waals surface area contributed by atoms with E-state index >= 15 is 0 Å². The van der Waals surface area contributed by atoms with Gasteiger partial charge in [-0.15, -0.1) is 0 Å². The van der Waals surface area contributed by atoms with Crippen LogP contribution < -0.4 is 10.1 Å². The number of anilines is 1. The maximum Gasteiger partial charge on any atom is 0.251 e. The number of aromatic nitrogens is 2. The summed E-state index contributed by atoms with van der Waals surface area (Å²) in [6, 6.07) is 25.3. The van der Waals surface area contributed by atoms with Crippen LogP contribution in [0, 0.1) is 0 Å². The Morgan fingerprint density at radius 2 is 1.53 bits per heavy atom. The lowest BCUT2D eigenvalue weighted by Gasteiger charge is -2.08. The number of nitrogens with zero attached hydrogens (tertiary/aromatic N) is 1. The first-order valence-corrected chi connectivity index (χ1v) is 10.4. The summed E-state index contributed by atoms with van der Waals surface area (Å²) in [6.07, 6.45) is 0. The van der Waals surface area contributed by atoms with Gasteiger partial charge >= 0.3 is 0 Å². The second-order valence-corrected chi connectivity index (χ2v) is 7.19. The average Bonchev–Trinajstić information content (AvgIpc) is 3.22. The Morgan fingerprint density at radius 1 is 0.844 bits per heavy atom. The number of aromatic amines is 1. The smallest absolute Gasteiger partial charge is 0.251 e. The number of amides is 1. The van der Waals surface area contributed by atoms with E-state index in [4.69, 9.17) is 14.2 Å². The zero-order valence-electron chi connectivity index (χ0n) is 17.6. The van der Waals surface area contributed by atoms with E-state index < -0.39 is 0 Å². The Balaban J connectivity index is 1.22. The molecule has 1 amide bonds. The molecule has 3 aromatic carbocycles. The normalized spacial score (nSPS) is 10.9. The maximum absolute atomic E-state index is 12.2. The number of benzene rings is 3. The van der Waals surface area contributed by atoms with Gasteiger partial charge in [0, 0.05) is 11.5 Å². The molecule has 0 unspecified atom stereocenters. The van der Waals surface area contributed by atoms with Crippen molar-refractivity contribution in [1.29, 1.82) is 0 Å². The molecule has 7 heteroatoms. The van der Waals surface area contributed by atoms with Gasteiger partial charge in [0.15, 0.2) is 5.82 Å². The lowest BCUT2D eigenvalue weighted by atomic mass is 10.2. The first kappa shape index (κ1) is 21.5. The quantitative estimate of drug-likeness (QED) is 0.346. The number of nitrogens with one attached hydrogen (secondary N) is 2. The molecule has 1 heterocycles. The van der Waals surface area contributed by atoms with Gasteiger partial charge in [0.25, 0.3) is 5.91 Å². The Morgan fingerprint density at radius 3 is 2.25 bits per heavy atom. The van der Waals surface area contributed by atoms with Crippen LogP contribution in [0.4, 0.5) is 5.82 Å². The first-order chi connectivity index (χ1) is 15.8. The topological polar surface area (TPSA) is 85.5 Å². The monoisotopic (exact) mass is 431 g/mol. The van der Waals surface area contributed by atoms with E-state index in [0.29, 0.717) is 38.0 Å². The van der Waals surface area contributed by atoms with E-state index in [1.165, 1.54) is 0 Å². The molecule has 0 spiro atoms. The Hall–Kier alpha value is -3.68. The van der Waals surface area contributed by atoms with Crippen LogP contribution in [0.3, 0.4) is 0 Å². The van der Waals surface area contributed by atoms with Crippen molar-refractivity contribution in [2.75, 3.05) is 25.1 Å². The minimum Gasteiger partial charge on any atom is -0.491 e. The van der Waals surface area contributed by atoms with Crippen LogP contribution in [0.15, 0.2) is 78.9 Å². The molecule has 0 saturated heterocycles. The molecule has 0 radical (unpaired) electrons. The standard InChI is InChI=1S/C25H25N3O4/c29-24(18-31-17-20-9-5-2-6-10-20)26-25-22-12-11-21(15-23(22)27-28-25)32-14-13-30-16-19-7-3-1-4-8-19/h1-12,15H,13-14,16-18H2,(H2,26,27,28,29). The molecule has 0 aliphatic carbocycles. The Kier molecular flexibility index (Phi) is 7.46. The molecular weight excluding hydrogens is 406 g/mol. The minimum atomic E-state index is -0.259. The van der Waals surface area contributed by atoms with Gasteiger partial charge in [0.05, 0.1) is 25.3 Å². The van der Waals surface area contributed by atoms with Gasteiger partial charge in [-0.3, -0.25) is 9.89 Å². The third-order valence-corrected chi connectivity index (χ3v) is 4.74. The van der Waals surface area contributed by atoms with Crippen molar-refractivity contribution in [2.45, 2.75) is 13.2 Å². The van der Waals surface area contributed by atoms with Crippen LogP contribution in [0.1, 0.15) is 11.1 Å². The molecule has 0 atom stereocenters. The molecule has 0 fully saturated rings. The SMILES string of the molecule is O=C(COCc1ccccc1)Nc1n[nH]c2cc(OCCOCc3ccccc3)ccc12. The van der Waals surface area contributed by atoms with Crippen molar-refractivity contribution in [3.05, 3.63) is 90.0 Å². The maximum atomic E-state index is 12.2. The number of rotatable bonds is 11. The summed E-state index contributed by atoms with van der Waals surface area (Å²) in [4.78, 5) is 12.2. The molecule has 164 valence electrons. The van der Waals surface area contributed by atoms with Crippen molar-refractivity contribution in [3.63, 3.8) is 0 Å². The summed E-state index contributed by atoms with van der Waals surface area (Å²) in [5.74, 6) is 0.907. The van der Waals surface area contributed by atoms with Crippen LogP contribution in [-0.2, 0) is 27.5 Å². The molecule has 0 aliphatic rings. The van der Waals surface area contributed by atoms with Gasteiger partial charge in [-0.1, -0.05) is 60.7 Å². The summed E-state index contributed by atoms with van der Waals surface area (Å²) in [5.41, 5.74) is 2.92. The highest BCUT2D eigenvalue weighted by Crippen LogP contribution is 2.24. The Labute approximate surface area is 186 Å². The fourth-order valence-electron chi connectivity index (χ4n) is 3.17. The zero-order chi connectivity index (χ0) is 22.0. The summed E-state index contributed by atoms with van der Waals surface area (Å²) < 4.78 is 16.9. The molecule has 2 N–H and O–H groups in total. The molecule has 0 saturated carbocycles. The van der Waals surface area contributed by atoms with E-state index in [1.54, 1.807) is 0 Å². The minimum absolute atomic E-state index is 0.0482. The largest absolute Gasteiger partial charge is 0.491 e. The van der Waals surface area contributed by atoms with E-state index in [0.717, 1.165) is 22.0 Å². The molecule has 0 bridgehead atoms. The molecule has 4 aromatic rings. The van der Waals surface area contributed by atoms with Gasteiger partial charge in [-0.25, -0.2) is 0 Å². The van der Waals surface area contributed by atoms with Crippen LogP contribution in [-0.4, -0.2) is 35.9 Å². The number of carbonyl (C=O) groups is 1. The van der Waals surface area contributed by atoms with Gasteiger partial charge in [0.1, 0.15) is 19.0 Å². The van der Waals surface area contributed by atoms with Gasteiger partial charge in [0.2, 0.25) is 0 Å². The summed E-state index contributed by atoms with van der Waals surface area (Å²) in [5, 5.41) is 10.7. The fraction of sp³-hybridized carbons (Fsp3) is 0.200. The molecule has 1 aromatic heterocycles. The molecule has 32 heavy (non-hydrogen) atoms. The zero-order valence-corrected chi connectivity index (χ0v) is 17.6. The number of hydrogen-bond donors (Lipinski definition) is 2. The highest BCUT2D eigenvalue weighted by atomic mass is 16.5. The number of hydrogen-bond acceptors (Lipinski definition) is 5. The van der Waals surface area contributed by atoms with Gasteiger partial charge in [-0.05, 0) is 23.3 Å². The van der Waals surface area contributed by atoms with Crippen LogP contribution >= 0.6 is 0 Å². The van der Waals surface area contributed by atoms with E-state index in [9.17, 15) is 4.79 Å². The molecule has 7 nitrogen and oxygen atoms in total. The van der Waals surface area contributed by atoms with Crippen molar-refractivity contribution in [2.24, 2.45) is 0 Å². The van der Waals surface area contributed by atoms with Crippen molar-refractivity contribution < 1.29 is 19.0 Å². The number of H-pyrrole nitrogens is 1. The molecular formula is C25H25N3O4. The van der Waals surface area contributed by atoms with Gasteiger partial charge in [-0.2, -0.15) is 5.10 Å². The number of fused-ring (bicyclic) bond motifs is 1.